The molecule has 0 saturated heterocycles. The van der Waals surface area contributed by atoms with Gasteiger partial charge in [0.25, 0.3) is 0 Å². The molecular weight excluding hydrogens is 316 g/mol. The fraction of sp³-hybridized carbons (Fsp3) is 0.231. The van der Waals surface area contributed by atoms with E-state index in [1.165, 1.54) is 0 Å². The molecule has 1 aromatic heterocycles. The lowest BCUT2D eigenvalue weighted by Crippen LogP contribution is -1.97. The molecule has 0 spiro atoms. The first-order valence-electron chi connectivity index (χ1n) is 5.56. The molecular formula is C13H12BrClN2O. The zero-order chi connectivity index (χ0) is 13.1. The van der Waals surface area contributed by atoms with Gasteiger partial charge in [0.15, 0.2) is 0 Å². The summed E-state index contributed by atoms with van der Waals surface area (Å²) in [5, 5.41) is 0.572. The van der Waals surface area contributed by atoms with Gasteiger partial charge in [0, 0.05) is 12.5 Å². The topological polar surface area (TPSA) is 35.0 Å². The van der Waals surface area contributed by atoms with Crippen LogP contribution >= 0.6 is 27.5 Å². The number of ether oxygens (including phenoxy) is 1. The van der Waals surface area contributed by atoms with Crippen molar-refractivity contribution in [3.8, 4) is 11.6 Å². The average molecular weight is 328 g/mol. The van der Waals surface area contributed by atoms with Crippen molar-refractivity contribution in [3.05, 3.63) is 45.3 Å². The molecule has 94 valence electrons. The molecule has 3 nitrogen and oxygen atoms in total. The molecule has 0 aliphatic heterocycles. The number of rotatable bonds is 3. The van der Waals surface area contributed by atoms with Crippen LogP contribution in [0.3, 0.4) is 0 Å². The molecule has 0 saturated carbocycles. The van der Waals surface area contributed by atoms with Crippen LogP contribution < -0.4 is 4.74 Å². The molecule has 0 N–H and O–H groups in total. The number of aryl methyl sites for hydroxylation is 2. The number of hydrogen-bond acceptors (Lipinski definition) is 3. The van der Waals surface area contributed by atoms with Gasteiger partial charge in [-0.3, -0.25) is 0 Å². The first kappa shape index (κ1) is 13.3. The summed E-state index contributed by atoms with van der Waals surface area (Å²) in [4.78, 5) is 8.51. The maximum Gasteiger partial charge on any atom is 0.223 e. The van der Waals surface area contributed by atoms with Gasteiger partial charge in [0.05, 0.1) is 5.02 Å². The van der Waals surface area contributed by atoms with E-state index in [-0.39, 0.29) is 0 Å². The zero-order valence-electron chi connectivity index (χ0n) is 10.1. The van der Waals surface area contributed by atoms with Crippen molar-refractivity contribution in [3.63, 3.8) is 0 Å². The number of nitrogens with zero attached hydrogens (tertiary/aromatic N) is 2. The lowest BCUT2D eigenvalue weighted by Gasteiger charge is -2.08. The molecule has 0 aliphatic carbocycles. The Labute approximate surface area is 119 Å². The molecule has 1 aromatic carbocycles. The van der Waals surface area contributed by atoms with E-state index in [9.17, 15) is 0 Å². The predicted molar refractivity (Wildman–Crippen MR) is 75.4 cm³/mol. The predicted octanol–water partition coefficient (Wildman–Crippen LogP) is 4.56. The fourth-order valence-corrected chi connectivity index (χ4v) is 2.13. The molecule has 5 heteroatoms. The Bertz CT molecular complexity index is 575. The third kappa shape index (κ3) is 3.21. The highest BCUT2D eigenvalue weighted by atomic mass is 79.9. The van der Waals surface area contributed by atoms with Gasteiger partial charge in [0.1, 0.15) is 16.2 Å². The Balaban J connectivity index is 2.30. The highest BCUT2D eigenvalue weighted by Crippen LogP contribution is 2.29. The van der Waals surface area contributed by atoms with Gasteiger partial charge in [-0.1, -0.05) is 24.6 Å². The number of aromatic nitrogens is 2. The Morgan fingerprint density at radius 2 is 2.06 bits per heavy atom. The van der Waals surface area contributed by atoms with Crippen LogP contribution in [0, 0.1) is 6.92 Å². The lowest BCUT2D eigenvalue weighted by molar-refractivity contribution is 0.458. The molecule has 2 rings (SSSR count). The summed E-state index contributed by atoms with van der Waals surface area (Å²) in [5.41, 5.74) is 1.09. The zero-order valence-corrected chi connectivity index (χ0v) is 12.4. The normalized spacial score (nSPS) is 10.4. The Hall–Kier alpha value is -1.13. The quantitative estimate of drug-likeness (QED) is 0.775. The van der Waals surface area contributed by atoms with Crippen molar-refractivity contribution in [2.24, 2.45) is 0 Å². The monoisotopic (exact) mass is 326 g/mol. The molecule has 18 heavy (non-hydrogen) atoms. The van der Waals surface area contributed by atoms with Gasteiger partial charge >= 0.3 is 0 Å². The third-order valence-corrected chi connectivity index (χ3v) is 3.04. The van der Waals surface area contributed by atoms with Crippen LogP contribution in [0.15, 0.2) is 28.9 Å². The molecule has 0 bridgehead atoms. The van der Waals surface area contributed by atoms with E-state index in [2.05, 4.69) is 25.9 Å². The minimum Gasteiger partial charge on any atom is -0.437 e. The van der Waals surface area contributed by atoms with Gasteiger partial charge in [-0.15, -0.1) is 0 Å². The molecule has 0 radical (unpaired) electrons. The number of benzene rings is 1. The van der Waals surface area contributed by atoms with E-state index in [1.807, 2.05) is 32.0 Å². The maximum absolute atomic E-state index is 6.11. The van der Waals surface area contributed by atoms with E-state index < -0.39 is 0 Å². The van der Waals surface area contributed by atoms with Crippen LogP contribution in [0.1, 0.15) is 18.3 Å². The minimum absolute atomic E-state index is 0.486. The summed E-state index contributed by atoms with van der Waals surface area (Å²) in [6, 6.07) is 7.35. The van der Waals surface area contributed by atoms with E-state index >= 15 is 0 Å². The Morgan fingerprint density at radius 3 is 2.72 bits per heavy atom. The van der Waals surface area contributed by atoms with Crippen molar-refractivity contribution >= 4 is 27.5 Å². The minimum atomic E-state index is 0.486. The van der Waals surface area contributed by atoms with Gasteiger partial charge in [0.2, 0.25) is 5.88 Å². The fourth-order valence-electron chi connectivity index (χ4n) is 1.45. The smallest absolute Gasteiger partial charge is 0.223 e. The highest BCUT2D eigenvalue weighted by Gasteiger charge is 2.07. The van der Waals surface area contributed by atoms with Crippen LogP contribution in [0.4, 0.5) is 0 Å². The second-order valence-electron chi connectivity index (χ2n) is 3.83. The first-order chi connectivity index (χ1) is 8.58. The third-order valence-electron chi connectivity index (χ3n) is 2.34. The first-order valence-corrected chi connectivity index (χ1v) is 6.73. The molecule has 0 atom stereocenters. The summed E-state index contributed by atoms with van der Waals surface area (Å²) in [7, 11) is 0. The van der Waals surface area contributed by atoms with E-state index in [0.29, 0.717) is 21.3 Å². The van der Waals surface area contributed by atoms with E-state index in [0.717, 1.165) is 17.8 Å². The summed E-state index contributed by atoms with van der Waals surface area (Å²) >= 11 is 9.45. The van der Waals surface area contributed by atoms with Crippen molar-refractivity contribution < 1.29 is 4.74 Å². The molecule has 1 heterocycles. The lowest BCUT2D eigenvalue weighted by atomic mass is 10.2. The second-order valence-corrected chi connectivity index (χ2v) is 5.05. The maximum atomic E-state index is 6.11. The summed E-state index contributed by atoms with van der Waals surface area (Å²) in [6.45, 7) is 3.97. The largest absolute Gasteiger partial charge is 0.437 e. The van der Waals surface area contributed by atoms with Gasteiger partial charge in [-0.2, -0.15) is 4.98 Å². The SMILES string of the molecule is CCc1nc(Br)cc(Oc2ccc(C)cc2Cl)n1. The molecule has 0 fully saturated rings. The van der Waals surface area contributed by atoms with Crippen LogP contribution in [0.5, 0.6) is 11.6 Å². The second kappa shape index (κ2) is 5.67. The number of halogens is 2. The van der Waals surface area contributed by atoms with Crippen LogP contribution in [-0.2, 0) is 6.42 Å². The van der Waals surface area contributed by atoms with Crippen LogP contribution in [0.2, 0.25) is 5.02 Å². The van der Waals surface area contributed by atoms with Crippen LogP contribution in [-0.4, -0.2) is 9.97 Å². The number of hydrogen-bond donors (Lipinski definition) is 0. The van der Waals surface area contributed by atoms with Crippen molar-refractivity contribution in [1.29, 1.82) is 0 Å². The summed E-state index contributed by atoms with van der Waals surface area (Å²) in [6.07, 6.45) is 0.747. The standard InChI is InChI=1S/C13H12BrClN2O/c1-3-12-16-11(14)7-13(17-12)18-10-5-4-8(2)6-9(10)15/h4-7H,3H2,1-2H3. The highest BCUT2D eigenvalue weighted by molar-refractivity contribution is 9.10. The van der Waals surface area contributed by atoms with Crippen molar-refractivity contribution in [1.82, 2.24) is 9.97 Å². The summed E-state index contributed by atoms with van der Waals surface area (Å²) in [5.74, 6) is 1.80. The van der Waals surface area contributed by atoms with Gasteiger partial charge in [-0.25, -0.2) is 4.98 Å². The van der Waals surface area contributed by atoms with Gasteiger partial charge < -0.3 is 4.74 Å². The average Bonchev–Trinajstić information content (AvgIpc) is 2.32. The Morgan fingerprint density at radius 1 is 1.28 bits per heavy atom. The summed E-state index contributed by atoms with van der Waals surface area (Å²) < 4.78 is 6.38. The molecule has 2 aromatic rings. The molecule has 0 unspecified atom stereocenters. The van der Waals surface area contributed by atoms with Crippen molar-refractivity contribution in [2.75, 3.05) is 0 Å². The van der Waals surface area contributed by atoms with Crippen molar-refractivity contribution in [2.45, 2.75) is 20.3 Å². The van der Waals surface area contributed by atoms with Gasteiger partial charge in [-0.05, 0) is 40.5 Å². The van der Waals surface area contributed by atoms with E-state index in [1.54, 1.807) is 6.07 Å². The molecule has 0 aliphatic rings. The van der Waals surface area contributed by atoms with E-state index in [4.69, 9.17) is 16.3 Å². The molecule has 0 amide bonds. The Kier molecular flexibility index (Phi) is 4.19. The van der Waals surface area contributed by atoms with Crippen LogP contribution in [0.25, 0.3) is 0 Å².